The summed E-state index contributed by atoms with van der Waals surface area (Å²) in [6.45, 7) is 0. The average Bonchev–Trinajstić information content (AvgIpc) is 2.89. The van der Waals surface area contributed by atoms with E-state index in [0.717, 1.165) is 0 Å². The van der Waals surface area contributed by atoms with E-state index in [2.05, 4.69) is 15.5 Å². The van der Waals surface area contributed by atoms with Crippen LogP contribution in [0.4, 0.5) is 11.7 Å². The van der Waals surface area contributed by atoms with E-state index in [0.29, 0.717) is 21.6 Å². The fraction of sp³-hybridized carbons (Fsp3) is 0. The molecule has 1 N–H and O–H groups in total. The normalized spacial score (nSPS) is 11.3. The minimum atomic E-state index is -0.610. The largest absolute Gasteiger partial charge is 0.433 e. The Morgan fingerprint density at radius 3 is 2.90 bits per heavy atom. The SMILES string of the molecule is O=[N+]([O-])c1ccc(/C=C/C=NNc2ncc(Cl)cc2Cl)o1. The van der Waals surface area contributed by atoms with Crippen molar-refractivity contribution in [1.82, 2.24) is 4.98 Å². The molecule has 21 heavy (non-hydrogen) atoms. The Bertz CT molecular complexity index is 712. The van der Waals surface area contributed by atoms with Gasteiger partial charge in [-0.05, 0) is 24.3 Å². The van der Waals surface area contributed by atoms with Crippen molar-refractivity contribution in [2.45, 2.75) is 0 Å². The molecule has 0 unspecified atom stereocenters. The number of pyridine rings is 1. The fourth-order valence-electron chi connectivity index (χ4n) is 1.31. The Balaban J connectivity index is 1.92. The summed E-state index contributed by atoms with van der Waals surface area (Å²) in [5, 5.41) is 15.1. The average molecular weight is 327 g/mol. The van der Waals surface area contributed by atoms with Crippen molar-refractivity contribution >= 4 is 47.2 Å². The van der Waals surface area contributed by atoms with Gasteiger partial charge in [-0.3, -0.25) is 15.5 Å². The lowest BCUT2D eigenvalue weighted by atomic mass is 10.4. The van der Waals surface area contributed by atoms with Gasteiger partial charge in [-0.2, -0.15) is 5.10 Å². The Morgan fingerprint density at radius 1 is 1.43 bits per heavy atom. The molecule has 0 amide bonds. The zero-order chi connectivity index (χ0) is 15.2. The lowest BCUT2D eigenvalue weighted by molar-refractivity contribution is -0.402. The highest BCUT2D eigenvalue weighted by Gasteiger charge is 2.09. The zero-order valence-corrected chi connectivity index (χ0v) is 11.9. The zero-order valence-electron chi connectivity index (χ0n) is 10.4. The van der Waals surface area contributed by atoms with E-state index in [1.54, 1.807) is 6.08 Å². The Kier molecular flexibility index (Phi) is 4.91. The lowest BCUT2D eigenvalue weighted by Gasteiger charge is -2.00. The minimum absolute atomic E-state index is 0.318. The third-order valence-electron chi connectivity index (χ3n) is 2.19. The molecule has 0 spiro atoms. The second-order valence-electron chi connectivity index (χ2n) is 3.67. The maximum absolute atomic E-state index is 10.4. The van der Waals surface area contributed by atoms with Crippen LogP contribution < -0.4 is 5.43 Å². The van der Waals surface area contributed by atoms with Crippen molar-refractivity contribution in [2.24, 2.45) is 5.10 Å². The van der Waals surface area contributed by atoms with Gasteiger partial charge in [-0.1, -0.05) is 23.2 Å². The van der Waals surface area contributed by atoms with Gasteiger partial charge < -0.3 is 4.42 Å². The molecule has 0 saturated heterocycles. The highest BCUT2D eigenvalue weighted by Crippen LogP contribution is 2.22. The van der Waals surface area contributed by atoms with Gasteiger partial charge in [0.2, 0.25) is 0 Å². The number of nitro groups is 1. The summed E-state index contributed by atoms with van der Waals surface area (Å²) in [5.74, 6) is 0.386. The van der Waals surface area contributed by atoms with Crippen LogP contribution in [-0.2, 0) is 0 Å². The number of nitrogens with one attached hydrogen (secondary N) is 1. The van der Waals surface area contributed by atoms with Crippen LogP contribution in [-0.4, -0.2) is 16.1 Å². The number of hydrogen-bond acceptors (Lipinski definition) is 6. The summed E-state index contributed by atoms with van der Waals surface area (Å²) in [5.41, 5.74) is 2.63. The molecule has 0 atom stereocenters. The number of nitrogens with zero attached hydrogens (tertiary/aromatic N) is 3. The molecule has 0 radical (unpaired) electrons. The van der Waals surface area contributed by atoms with Crippen LogP contribution in [0.3, 0.4) is 0 Å². The summed E-state index contributed by atoms with van der Waals surface area (Å²) in [7, 11) is 0. The van der Waals surface area contributed by atoms with E-state index in [-0.39, 0.29) is 5.88 Å². The molecule has 0 aliphatic carbocycles. The third-order valence-corrected chi connectivity index (χ3v) is 2.69. The Labute approximate surface area is 129 Å². The van der Waals surface area contributed by atoms with Crippen molar-refractivity contribution in [3.05, 3.63) is 56.4 Å². The van der Waals surface area contributed by atoms with Crippen LogP contribution >= 0.6 is 23.2 Å². The van der Waals surface area contributed by atoms with Crippen LogP contribution in [0, 0.1) is 10.1 Å². The van der Waals surface area contributed by atoms with Crippen LogP contribution in [0.25, 0.3) is 6.08 Å². The van der Waals surface area contributed by atoms with Gasteiger partial charge >= 0.3 is 5.88 Å². The van der Waals surface area contributed by atoms with Crippen molar-refractivity contribution in [2.75, 3.05) is 5.43 Å². The first-order chi connectivity index (χ1) is 10.1. The van der Waals surface area contributed by atoms with Gasteiger partial charge in [0.15, 0.2) is 5.82 Å². The number of furan rings is 1. The van der Waals surface area contributed by atoms with Gasteiger partial charge in [-0.15, -0.1) is 0 Å². The maximum Gasteiger partial charge on any atom is 0.433 e. The van der Waals surface area contributed by atoms with E-state index in [1.165, 1.54) is 36.7 Å². The van der Waals surface area contributed by atoms with E-state index >= 15 is 0 Å². The molecule has 0 aliphatic rings. The molecule has 9 heteroatoms. The molecule has 7 nitrogen and oxygen atoms in total. The van der Waals surface area contributed by atoms with E-state index in [4.69, 9.17) is 27.6 Å². The number of hydrazone groups is 1. The molecule has 0 bridgehead atoms. The molecule has 0 aliphatic heterocycles. The molecule has 0 aromatic carbocycles. The van der Waals surface area contributed by atoms with Crippen molar-refractivity contribution < 1.29 is 9.34 Å². The number of anilines is 1. The second-order valence-corrected chi connectivity index (χ2v) is 4.51. The summed E-state index contributed by atoms with van der Waals surface area (Å²) in [4.78, 5) is 13.8. The van der Waals surface area contributed by atoms with Gasteiger partial charge in [0, 0.05) is 12.4 Å². The number of hydrogen-bond donors (Lipinski definition) is 1. The minimum Gasteiger partial charge on any atom is -0.401 e. The van der Waals surface area contributed by atoms with Crippen molar-refractivity contribution in [1.29, 1.82) is 0 Å². The highest BCUT2D eigenvalue weighted by molar-refractivity contribution is 6.35. The summed E-state index contributed by atoms with van der Waals surface area (Å²) >= 11 is 11.6. The molecule has 2 heterocycles. The fourth-order valence-corrected chi connectivity index (χ4v) is 1.73. The molecule has 0 fully saturated rings. The van der Waals surface area contributed by atoms with Gasteiger partial charge in [0.05, 0.1) is 16.1 Å². The molecule has 2 aromatic rings. The van der Waals surface area contributed by atoms with Gasteiger partial charge in [-0.25, -0.2) is 4.98 Å². The summed E-state index contributed by atoms with van der Waals surface area (Å²) in [6.07, 6.45) is 5.92. The van der Waals surface area contributed by atoms with Crippen LogP contribution in [0.5, 0.6) is 0 Å². The predicted molar refractivity (Wildman–Crippen MR) is 80.8 cm³/mol. The first-order valence-corrected chi connectivity index (χ1v) is 6.33. The topological polar surface area (TPSA) is 93.6 Å². The molecule has 0 saturated carbocycles. The number of rotatable bonds is 5. The molecule has 108 valence electrons. The van der Waals surface area contributed by atoms with E-state index in [9.17, 15) is 10.1 Å². The number of halogens is 2. The first-order valence-electron chi connectivity index (χ1n) is 5.57. The van der Waals surface area contributed by atoms with Crippen molar-refractivity contribution in [3.63, 3.8) is 0 Å². The number of aromatic nitrogens is 1. The van der Waals surface area contributed by atoms with Crippen LogP contribution in [0.2, 0.25) is 10.0 Å². The summed E-state index contributed by atoms with van der Waals surface area (Å²) in [6, 6.07) is 4.28. The summed E-state index contributed by atoms with van der Waals surface area (Å²) < 4.78 is 4.93. The Hall–Kier alpha value is -2.38. The first kappa shape index (κ1) is 15.0. The monoisotopic (exact) mass is 326 g/mol. The van der Waals surface area contributed by atoms with E-state index < -0.39 is 4.92 Å². The third kappa shape index (κ3) is 4.30. The predicted octanol–water partition coefficient (Wildman–Crippen LogP) is 4.00. The van der Waals surface area contributed by atoms with Gasteiger partial charge in [0.25, 0.3) is 0 Å². The quantitative estimate of drug-likeness (QED) is 0.509. The maximum atomic E-state index is 10.4. The Morgan fingerprint density at radius 2 is 2.24 bits per heavy atom. The van der Waals surface area contributed by atoms with Gasteiger partial charge in [0.1, 0.15) is 10.7 Å². The standard InChI is InChI=1S/C12H8Cl2N4O3/c13-8-6-10(14)12(15-7-8)17-16-5-1-2-9-3-4-11(21-9)18(19)20/h1-7H,(H,15,17)/b2-1+,16-5?. The molecular weight excluding hydrogens is 319 g/mol. The van der Waals surface area contributed by atoms with Crippen LogP contribution in [0.1, 0.15) is 5.76 Å². The van der Waals surface area contributed by atoms with E-state index in [1.807, 2.05) is 0 Å². The smallest absolute Gasteiger partial charge is 0.401 e. The molecular formula is C12H8Cl2N4O3. The lowest BCUT2D eigenvalue weighted by Crippen LogP contribution is -1.92. The van der Waals surface area contributed by atoms with Crippen molar-refractivity contribution in [3.8, 4) is 0 Å². The van der Waals surface area contributed by atoms with Crippen LogP contribution in [0.15, 0.2) is 40.0 Å². The second kappa shape index (κ2) is 6.87. The highest BCUT2D eigenvalue weighted by atomic mass is 35.5. The number of allylic oxidation sites excluding steroid dienone is 1. The molecule has 2 rings (SSSR count). The molecule has 2 aromatic heterocycles.